The van der Waals surface area contributed by atoms with E-state index in [1.165, 1.54) is 32.6 Å². The van der Waals surface area contributed by atoms with E-state index in [0.29, 0.717) is 39.4 Å². The average Bonchev–Trinajstić information content (AvgIpc) is 3.83. The SMILES string of the molecule is COc1c(C2=NN(c3ccc(S(N)(=O)=O)cc3)C(c3cn(-c4ccccc4)nc3-c3ccc(O)cc3)C2)c(O)c(OC)c2occc12. The first-order chi connectivity index (χ1) is 22.7. The lowest BCUT2D eigenvalue weighted by molar-refractivity contribution is 0.364. The Morgan fingerprint density at radius 2 is 1.60 bits per heavy atom. The van der Waals surface area contributed by atoms with Crippen molar-refractivity contribution in [2.75, 3.05) is 19.2 Å². The topological polar surface area (TPSA) is 166 Å². The second kappa shape index (κ2) is 11.5. The predicted octanol–water partition coefficient (Wildman–Crippen LogP) is 5.72. The number of nitrogens with two attached hydrogens (primary N) is 1. The van der Waals surface area contributed by atoms with Gasteiger partial charge in [0.05, 0.1) is 65.2 Å². The van der Waals surface area contributed by atoms with Crippen LogP contribution in [0.4, 0.5) is 5.69 Å². The van der Waals surface area contributed by atoms with Gasteiger partial charge < -0.3 is 24.1 Å². The summed E-state index contributed by atoms with van der Waals surface area (Å²) in [6, 6.07) is 23.7. The van der Waals surface area contributed by atoms with Crippen LogP contribution >= 0.6 is 0 Å². The lowest BCUT2D eigenvalue weighted by Crippen LogP contribution is -2.19. The molecule has 1 aliphatic heterocycles. The number of benzene rings is 4. The minimum Gasteiger partial charge on any atom is -0.508 e. The van der Waals surface area contributed by atoms with Crippen LogP contribution in [0.2, 0.25) is 0 Å². The Balaban J connectivity index is 1.44. The zero-order chi connectivity index (χ0) is 32.9. The van der Waals surface area contributed by atoms with Crippen molar-refractivity contribution in [3.8, 4) is 39.9 Å². The van der Waals surface area contributed by atoms with Crippen LogP contribution in [-0.4, -0.2) is 48.3 Å². The minimum atomic E-state index is -3.93. The zero-order valence-corrected chi connectivity index (χ0v) is 26.0. The molecule has 13 heteroatoms. The van der Waals surface area contributed by atoms with Gasteiger partial charge in [0.2, 0.25) is 15.8 Å². The predicted molar refractivity (Wildman–Crippen MR) is 176 cm³/mol. The number of fused-ring (bicyclic) bond motifs is 1. The number of sulfonamides is 1. The highest BCUT2D eigenvalue weighted by Gasteiger charge is 2.37. The summed E-state index contributed by atoms with van der Waals surface area (Å²) in [6.07, 6.45) is 3.68. The molecule has 1 aliphatic rings. The maximum absolute atomic E-state index is 12.1. The smallest absolute Gasteiger partial charge is 0.238 e. The van der Waals surface area contributed by atoms with Crippen molar-refractivity contribution in [2.24, 2.45) is 10.2 Å². The van der Waals surface area contributed by atoms with Gasteiger partial charge in [-0.25, -0.2) is 18.2 Å². The van der Waals surface area contributed by atoms with E-state index >= 15 is 0 Å². The molecule has 7 rings (SSSR count). The van der Waals surface area contributed by atoms with Crippen LogP contribution in [0.1, 0.15) is 23.6 Å². The third-order valence-corrected chi connectivity index (χ3v) is 9.02. The Kier molecular flexibility index (Phi) is 7.34. The van der Waals surface area contributed by atoms with Gasteiger partial charge in [-0.05, 0) is 66.7 Å². The molecule has 12 nitrogen and oxygen atoms in total. The van der Waals surface area contributed by atoms with Crippen molar-refractivity contribution in [2.45, 2.75) is 17.4 Å². The molecule has 1 unspecified atom stereocenters. The first-order valence-electron chi connectivity index (χ1n) is 14.5. The molecule has 6 aromatic rings. The van der Waals surface area contributed by atoms with Crippen LogP contribution in [0.3, 0.4) is 0 Å². The van der Waals surface area contributed by atoms with Gasteiger partial charge >= 0.3 is 0 Å². The monoisotopic (exact) mass is 651 g/mol. The summed E-state index contributed by atoms with van der Waals surface area (Å²) >= 11 is 0. The van der Waals surface area contributed by atoms with Crippen LogP contribution in [-0.2, 0) is 10.0 Å². The number of phenolic OH excluding ortho intramolecular Hbond substituents is 2. The quantitative estimate of drug-likeness (QED) is 0.187. The molecule has 0 bridgehead atoms. The molecule has 0 aliphatic carbocycles. The van der Waals surface area contributed by atoms with E-state index in [-0.39, 0.29) is 28.6 Å². The molecule has 2 aromatic heterocycles. The summed E-state index contributed by atoms with van der Waals surface area (Å²) in [4.78, 5) is -0.0441. The van der Waals surface area contributed by atoms with E-state index in [0.717, 1.165) is 16.8 Å². The van der Waals surface area contributed by atoms with E-state index in [1.807, 2.05) is 36.5 Å². The standard InChI is InChI=1S/C34H29N5O7S/c1-44-32-25-16-17-46-33(25)34(45-2)31(41)29(32)27-18-28(39(36-27)22-10-14-24(15-11-22)47(35,42)43)26-19-38(21-6-4-3-5-7-21)37-30(26)20-8-12-23(40)13-9-20/h3-17,19,28,40-41H,18H2,1-2H3,(H2,35,42,43). The summed E-state index contributed by atoms with van der Waals surface area (Å²) < 4.78 is 42.9. The van der Waals surface area contributed by atoms with Gasteiger partial charge in [0.15, 0.2) is 11.3 Å². The number of nitrogens with zero attached hydrogens (tertiary/aromatic N) is 4. The van der Waals surface area contributed by atoms with Crippen molar-refractivity contribution in [1.29, 1.82) is 0 Å². The van der Waals surface area contributed by atoms with E-state index in [4.69, 9.17) is 29.2 Å². The molecule has 4 aromatic carbocycles. The van der Waals surface area contributed by atoms with Crippen molar-refractivity contribution in [1.82, 2.24) is 9.78 Å². The minimum absolute atomic E-state index is 0.0441. The number of hydrogen-bond donors (Lipinski definition) is 3. The lowest BCUT2D eigenvalue weighted by Gasteiger charge is -2.24. The van der Waals surface area contributed by atoms with Crippen LogP contribution in [0, 0.1) is 0 Å². The van der Waals surface area contributed by atoms with E-state index in [9.17, 15) is 18.6 Å². The number of hydrazone groups is 1. The van der Waals surface area contributed by atoms with Crippen LogP contribution < -0.4 is 19.6 Å². The molecule has 0 spiro atoms. The second-order valence-electron chi connectivity index (χ2n) is 10.9. The van der Waals surface area contributed by atoms with E-state index < -0.39 is 16.1 Å². The molecule has 0 saturated heterocycles. The van der Waals surface area contributed by atoms with Crippen LogP contribution in [0.25, 0.3) is 27.9 Å². The lowest BCUT2D eigenvalue weighted by atomic mass is 9.94. The molecule has 0 fully saturated rings. The highest BCUT2D eigenvalue weighted by molar-refractivity contribution is 7.89. The maximum atomic E-state index is 12.1. The number of methoxy groups -OCH3 is 2. The molecule has 47 heavy (non-hydrogen) atoms. The molecular formula is C34H29N5O7S. The normalized spacial score (nSPS) is 14.8. The molecule has 0 saturated carbocycles. The average molecular weight is 652 g/mol. The van der Waals surface area contributed by atoms with Crippen molar-refractivity contribution in [3.63, 3.8) is 0 Å². The Morgan fingerprint density at radius 1 is 0.894 bits per heavy atom. The second-order valence-corrected chi connectivity index (χ2v) is 12.4. The number of primary sulfonamides is 1. The summed E-state index contributed by atoms with van der Waals surface area (Å²) in [5.41, 5.74) is 4.71. The third-order valence-electron chi connectivity index (χ3n) is 8.10. The first kappa shape index (κ1) is 29.9. The maximum Gasteiger partial charge on any atom is 0.238 e. The van der Waals surface area contributed by atoms with Gasteiger partial charge in [0, 0.05) is 23.7 Å². The van der Waals surface area contributed by atoms with Gasteiger partial charge in [-0.1, -0.05) is 18.2 Å². The fraction of sp³-hybridized carbons (Fsp3) is 0.118. The number of furan rings is 1. The molecular weight excluding hydrogens is 622 g/mol. The number of para-hydroxylation sites is 1. The van der Waals surface area contributed by atoms with Gasteiger partial charge in [-0.3, -0.25) is 5.01 Å². The number of rotatable bonds is 8. The Morgan fingerprint density at radius 3 is 2.26 bits per heavy atom. The number of aromatic nitrogens is 2. The largest absolute Gasteiger partial charge is 0.508 e. The Hall–Kier alpha value is -5.79. The number of anilines is 1. The molecule has 3 heterocycles. The highest BCUT2D eigenvalue weighted by Crippen LogP contribution is 2.49. The van der Waals surface area contributed by atoms with Crippen molar-refractivity contribution in [3.05, 3.63) is 109 Å². The first-order valence-corrected chi connectivity index (χ1v) is 16.0. The number of aromatic hydroxyl groups is 2. The van der Waals surface area contributed by atoms with Gasteiger partial charge in [0.25, 0.3) is 0 Å². The Labute approximate surface area is 269 Å². The van der Waals surface area contributed by atoms with Crippen molar-refractivity contribution < 1.29 is 32.5 Å². The molecule has 1 atom stereocenters. The van der Waals surface area contributed by atoms with E-state index in [1.54, 1.807) is 52.2 Å². The fourth-order valence-corrected chi connectivity index (χ4v) is 6.43. The number of ether oxygens (including phenoxy) is 2. The Bertz CT molecular complexity index is 2240. The van der Waals surface area contributed by atoms with Crippen LogP contribution in [0.5, 0.6) is 23.0 Å². The summed E-state index contributed by atoms with van der Waals surface area (Å²) in [7, 11) is -0.995. The van der Waals surface area contributed by atoms with Crippen LogP contribution in [0.15, 0.2) is 112 Å². The molecule has 238 valence electrons. The zero-order valence-electron chi connectivity index (χ0n) is 25.2. The number of phenols is 2. The summed E-state index contributed by atoms with van der Waals surface area (Å²) in [5, 5.41) is 39.3. The summed E-state index contributed by atoms with van der Waals surface area (Å²) in [6.45, 7) is 0. The van der Waals surface area contributed by atoms with E-state index in [2.05, 4.69) is 0 Å². The van der Waals surface area contributed by atoms with Crippen molar-refractivity contribution >= 4 is 32.4 Å². The number of hydrogen-bond acceptors (Lipinski definition) is 10. The molecule has 4 N–H and O–H groups in total. The fourth-order valence-electron chi connectivity index (χ4n) is 5.91. The van der Waals surface area contributed by atoms with Gasteiger partial charge in [-0.2, -0.15) is 10.2 Å². The van der Waals surface area contributed by atoms with Gasteiger partial charge in [0.1, 0.15) is 11.5 Å². The molecule has 0 radical (unpaired) electrons. The highest BCUT2D eigenvalue weighted by atomic mass is 32.2. The molecule has 0 amide bonds. The van der Waals surface area contributed by atoms with Gasteiger partial charge in [-0.15, -0.1) is 0 Å². The third kappa shape index (κ3) is 5.20. The summed E-state index contributed by atoms with van der Waals surface area (Å²) in [5.74, 6) is 0.411.